The second-order valence-corrected chi connectivity index (χ2v) is 5.85. The fourth-order valence-electron chi connectivity index (χ4n) is 1.88. The zero-order valence-electron chi connectivity index (χ0n) is 11.9. The van der Waals surface area contributed by atoms with Gasteiger partial charge in [0, 0.05) is 5.69 Å². The quantitative estimate of drug-likeness (QED) is 0.831. The highest BCUT2D eigenvalue weighted by Gasteiger charge is 2.25. The highest BCUT2D eigenvalue weighted by atomic mass is 16.5. The van der Waals surface area contributed by atoms with Gasteiger partial charge < -0.3 is 10.1 Å². The van der Waals surface area contributed by atoms with Crippen LogP contribution < -0.4 is 5.32 Å². The van der Waals surface area contributed by atoms with Crippen molar-refractivity contribution in [2.75, 3.05) is 12.4 Å². The molecule has 0 radical (unpaired) electrons. The average Bonchev–Trinajstić information content (AvgIpc) is 2.25. The van der Waals surface area contributed by atoms with Crippen LogP contribution in [0.5, 0.6) is 0 Å². The lowest BCUT2D eigenvalue weighted by Crippen LogP contribution is -2.34. The number of nitrogens with one attached hydrogen (secondary N) is 1. The molecule has 0 aliphatic heterocycles. The van der Waals surface area contributed by atoms with Crippen molar-refractivity contribution in [3.63, 3.8) is 0 Å². The van der Waals surface area contributed by atoms with E-state index in [1.54, 1.807) is 0 Å². The molecule has 1 rings (SSSR count). The Morgan fingerprint density at radius 1 is 1.39 bits per heavy atom. The van der Waals surface area contributed by atoms with Crippen molar-refractivity contribution in [3.05, 3.63) is 29.8 Å². The number of carbonyl (C=O) groups is 1. The maximum Gasteiger partial charge on any atom is 0.328 e. The molecule has 1 aromatic rings. The van der Waals surface area contributed by atoms with Crippen LogP contribution in [0.25, 0.3) is 0 Å². The monoisotopic (exact) mass is 249 g/mol. The lowest BCUT2D eigenvalue weighted by molar-refractivity contribution is -0.142. The molecular weight excluding hydrogens is 226 g/mol. The molecule has 0 bridgehead atoms. The number of esters is 1. The minimum absolute atomic E-state index is 0.0652. The van der Waals surface area contributed by atoms with Crippen molar-refractivity contribution in [3.8, 4) is 0 Å². The van der Waals surface area contributed by atoms with Gasteiger partial charge in [-0.15, -0.1) is 0 Å². The van der Waals surface area contributed by atoms with Crippen molar-refractivity contribution in [2.24, 2.45) is 5.41 Å². The van der Waals surface area contributed by atoms with Crippen LogP contribution in [0.1, 0.15) is 32.8 Å². The summed E-state index contributed by atoms with van der Waals surface area (Å²) in [6.45, 7) is 8.37. The second kappa shape index (κ2) is 5.89. The van der Waals surface area contributed by atoms with E-state index in [0.29, 0.717) is 0 Å². The minimum Gasteiger partial charge on any atom is -0.467 e. The van der Waals surface area contributed by atoms with Crippen LogP contribution >= 0.6 is 0 Å². The zero-order chi connectivity index (χ0) is 13.8. The fourth-order valence-corrected chi connectivity index (χ4v) is 1.88. The number of aryl methyl sites for hydroxylation is 1. The first-order chi connectivity index (χ1) is 8.31. The van der Waals surface area contributed by atoms with Gasteiger partial charge in [-0.25, -0.2) is 4.79 Å². The molecule has 1 N–H and O–H groups in total. The van der Waals surface area contributed by atoms with Gasteiger partial charge in [0.25, 0.3) is 0 Å². The van der Waals surface area contributed by atoms with Gasteiger partial charge in [0.1, 0.15) is 6.04 Å². The molecule has 3 heteroatoms. The van der Waals surface area contributed by atoms with Gasteiger partial charge in [0.15, 0.2) is 0 Å². The topological polar surface area (TPSA) is 38.3 Å². The number of carbonyl (C=O) groups excluding carboxylic acids is 1. The van der Waals surface area contributed by atoms with Gasteiger partial charge in [0.2, 0.25) is 0 Å². The van der Waals surface area contributed by atoms with E-state index in [-0.39, 0.29) is 17.4 Å². The molecule has 18 heavy (non-hydrogen) atoms. The van der Waals surface area contributed by atoms with Crippen LogP contribution in [0.15, 0.2) is 24.3 Å². The van der Waals surface area contributed by atoms with Crippen LogP contribution in [0.2, 0.25) is 0 Å². The molecule has 1 atom stereocenters. The van der Waals surface area contributed by atoms with E-state index < -0.39 is 0 Å². The third-order valence-corrected chi connectivity index (χ3v) is 2.66. The normalized spacial score (nSPS) is 12.9. The standard InChI is InChI=1S/C15H23NO2/c1-11-7-6-8-12(9-11)16-13(14(17)18-5)10-15(2,3)4/h6-9,13,16H,10H2,1-5H3. The van der Waals surface area contributed by atoms with Gasteiger partial charge in [0.05, 0.1) is 7.11 Å². The number of rotatable bonds is 4. The first-order valence-corrected chi connectivity index (χ1v) is 6.23. The summed E-state index contributed by atoms with van der Waals surface area (Å²) in [7, 11) is 1.43. The van der Waals surface area contributed by atoms with Gasteiger partial charge >= 0.3 is 5.97 Å². The van der Waals surface area contributed by atoms with Crippen LogP contribution in [-0.2, 0) is 9.53 Å². The molecule has 0 aliphatic carbocycles. The molecule has 0 spiro atoms. The van der Waals surface area contributed by atoms with E-state index in [4.69, 9.17) is 4.74 Å². The SMILES string of the molecule is COC(=O)C(CC(C)(C)C)Nc1cccc(C)c1. The van der Waals surface area contributed by atoms with Crippen molar-refractivity contribution < 1.29 is 9.53 Å². The molecule has 0 fully saturated rings. The summed E-state index contributed by atoms with van der Waals surface area (Å²) in [5.74, 6) is -0.216. The Kier molecular flexibility index (Phi) is 4.76. The summed E-state index contributed by atoms with van der Waals surface area (Å²) < 4.78 is 4.86. The Balaban J connectivity index is 2.81. The molecular formula is C15H23NO2. The number of anilines is 1. The number of ether oxygens (including phenoxy) is 1. The molecule has 1 aromatic carbocycles. The Hall–Kier alpha value is -1.51. The van der Waals surface area contributed by atoms with Crippen LogP contribution in [0.4, 0.5) is 5.69 Å². The average molecular weight is 249 g/mol. The molecule has 100 valence electrons. The predicted octanol–water partition coefficient (Wildman–Crippen LogP) is 3.38. The molecule has 0 saturated carbocycles. The van der Waals surface area contributed by atoms with Crippen molar-refractivity contribution in [1.82, 2.24) is 0 Å². The van der Waals surface area contributed by atoms with Crippen LogP contribution in [0.3, 0.4) is 0 Å². The highest BCUT2D eigenvalue weighted by molar-refractivity contribution is 5.79. The van der Waals surface area contributed by atoms with E-state index >= 15 is 0 Å². The summed E-state index contributed by atoms with van der Waals surface area (Å²) in [6.07, 6.45) is 0.730. The summed E-state index contributed by atoms with van der Waals surface area (Å²) >= 11 is 0. The zero-order valence-corrected chi connectivity index (χ0v) is 11.9. The largest absolute Gasteiger partial charge is 0.467 e. The van der Waals surface area contributed by atoms with Crippen LogP contribution in [-0.4, -0.2) is 19.1 Å². The number of hydrogen-bond donors (Lipinski definition) is 1. The Morgan fingerprint density at radius 3 is 2.56 bits per heavy atom. The summed E-state index contributed by atoms with van der Waals surface area (Å²) in [6, 6.07) is 7.69. The molecule has 1 unspecified atom stereocenters. The highest BCUT2D eigenvalue weighted by Crippen LogP contribution is 2.24. The molecule has 3 nitrogen and oxygen atoms in total. The summed E-state index contributed by atoms with van der Waals surface area (Å²) in [5.41, 5.74) is 2.18. The number of hydrogen-bond acceptors (Lipinski definition) is 3. The molecule has 0 amide bonds. The Bertz CT molecular complexity index is 407. The minimum atomic E-state index is -0.309. The van der Waals surface area contributed by atoms with E-state index in [9.17, 15) is 4.79 Å². The lowest BCUT2D eigenvalue weighted by atomic mass is 9.88. The van der Waals surface area contributed by atoms with Crippen LogP contribution in [0, 0.1) is 12.3 Å². The second-order valence-electron chi connectivity index (χ2n) is 5.85. The van der Waals surface area contributed by atoms with Gasteiger partial charge in [-0.1, -0.05) is 32.9 Å². The summed E-state index contributed by atoms with van der Waals surface area (Å²) in [4.78, 5) is 11.8. The fraction of sp³-hybridized carbons (Fsp3) is 0.533. The Labute approximate surface area is 110 Å². The Morgan fingerprint density at radius 2 is 2.06 bits per heavy atom. The van der Waals surface area contributed by atoms with Crippen molar-refractivity contribution in [1.29, 1.82) is 0 Å². The number of methoxy groups -OCH3 is 1. The van der Waals surface area contributed by atoms with E-state index in [0.717, 1.165) is 12.1 Å². The maximum atomic E-state index is 11.8. The number of benzene rings is 1. The third-order valence-electron chi connectivity index (χ3n) is 2.66. The first kappa shape index (κ1) is 14.6. The summed E-state index contributed by atoms with van der Waals surface area (Å²) in [5, 5.41) is 3.25. The molecule has 0 aromatic heterocycles. The van der Waals surface area contributed by atoms with Gasteiger partial charge in [-0.05, 0) is 36.5 Å². The molecule has 0 saturated heterocycles. The van der Waals surface area contributed by atoms with E-state index in [2.05, 4.69) is 26.1 Å². The maximum absolute atomic E-state index is 11.8. The van der Waals surface area contributed by atoms with Gasteiger partial charge in [-0.2, -0.15) is 0 Å². The predicted molar refractivity (Wildman–Crippen MR) is 74.7 cm³/mol. The van der Waals surface area contributed by atoms with Crippen molar-refractivity contribution in [2.45, 2.75) is 40.2 Å². The third kappa shape index (κ3) is 4.78. The molecule has 0 heterocycles. The van der Waals surface area contributed by atoms with E-state index in [1.807, 2.05) is 31.2 Å². The van der Waals surface area contributed by atoms with E-state index in [1.165, 1.54) is 12.7 Å². The lowest BCUT2D eigenvalue weighted by Gasteiger charge is -2.25. The first-order valence-electron chi connectivity index (χ1n) is 6.23. The van der Waals surface area contributed by atoms with Crippen molar-refractivity contribution >= 4 is 11.7 Å². The molecule has 0 aliphatic rings. The smallest absolute Gasteiger partial charge is 0.328 e. The van der Waals surface area contributed by atoms with Gasteiger partial charge in [-0.3, -0.25) is 0 Å².